The van der Waals surface area contributed by atoms with Gasteiger partial charge in [-0.05, 0) is 55.3 Å². The van der Waals surface area contributed by atoms with Gasteiger partial charge in [-0.25, -0.2) is 9.89 Å². The first-order valence-electron chi connectivity index (χ1n) is 6.78. The largest absolute Gasteiger partial charge is 0.343 e. The quantitative estimate of drug-likeness (QED) is 0.853. The number of nitrogens with one attached hydrogen (secondary N) is 1. The fraction of sp³-hybridized carbons (Fsp3) is 0.429. The molecule has 0 saturated heterocycles. The molecule has 2 rings (SSSR count). The van der Waals surface area contributed by atoms with E-state index in [2.05, 4.69) is 35.3 Å². The maximum atomic E-state index is 11.7. The van der Waals surface area contributed by atoms with Gasteiger partial charge in [0.15, 0.2) is 5.16 Å². The number of rotatable bonds is 6. The number of benzene rings is 1. The van der Waals surface area contributed by atoms with Crippen molar-refractivity contribution in [1.29, 1.82) is 0 Å². The zero-order valence-corrected chi connectivity index (χ0v) is 12.7. The molecule has 1 aromatic carbocycles. The van der Waals surface area contributed by atoms with Gasteiger partial charge in [0, 0.05) is 11.4 Å². The molecule has 0 aliphatic rings. The number of hydrogen-bond donors (Lipinski definition) is 2. The van der Waals surface area contributed by atoms with E-state index in [9.17, 15) is 4.79 Å². The lowest BCUT2D eigenvalue weighted by molar-refractivity contribution is 0.604. The van der Waals surface area contributed by atoms with Crippen molar-refractivity contribution in [2.24, 2.45) is 5.73 Å². The number of aromatic nitrogens is 3. The Hall–Kier alpha value is -1.53. The highest BCUT2D eigenvalue weighted by Gasteiger charge is 2.10. The maximum absolute atomic E-state index is 11.7. The molecule has 0 spiro atoms. The van der Waals surface area contributed by atoms with Crippen molar-refractivity contribution >= 4 is 11.8 Å². The average molecular weight is 292 g/mol. The third kappa shape index (κ3) is 3.32. The highest BCUT2D eigenvalue weighted by atomic mass is 32.2. The third-order valence-electron chi connectivity index (χ3n) is 3.04. The molecule has 0 unspecified atom stereocenters. The van der Waals surface area contributed by atoms with Crippen molar-refractivity contribution in [1.82, 2.24) is 14.8 Å². The molecule has 5 nitrogen and oxygen atoms in total. The van der Waals surface area contributed by atoms with E-state index in [0.29, 0.717) is 18.2 Å². The van der Waals surface area contributed by atoms with E-state index < -0.39 is 0 Å². The molecule has 1 heterocycles. The van der Waals surface area contributed by atoms with Crippen molar-refractivity contribution in [2.75, 3.05) is 6.54 Å². The van der Waals surface area contributed by atoms with Gasteiger partial charge in [0.05, 0.1) is 0 Å². The van der Waals surface area contributed by atoms with Crippen LogP contribution in [0.2, 0.25) is 0 Å². The Balaban J connectivity index is 2.24. The molecular weight excluding hydrogens is 272 g/mol. The van der Waals surface area contributed by atoms with Crippen LogP contribution < -0.4 is 11.4 Å². The molecule has 0 amide bonds. The Morgan fingerprint density at radius 1 is 1.45 bits per heavy atom. The fourth-order valence-corrected chi connectivity index (χ4v) is 2.98. The summed E-state index contributed by atoms with van der Waals surface area (Å²) in [5.74, 6) is 0. The van der Waals surface area contributed by atoms with Crippen molar-refractivity contribution < 1.29 is 0 Å². The van der Waals surface area contributed by atoms with E-state index in [1.165, 1.54) is 22.9 Å². The molecule has 0 saturated carbocycles. The van der Waals surface area contributed by atoms with Crippen molar-refractivity contribution in [2.45, 2.75) is 43.3 Å². The van der Waals surface area contributed by atoms with Crippen LogP contribution in [0, 0.1) is 6.92 Å². The molecule has 20 heavy (non-hydrogen) atoms. The standard InChI is InChI=1S/C14H20N4OS/c1-3-8-18-13(19)16-17-14(18)20-12-5-4-11(6-7-15)9-10(12)2/h4-5,9H,3,6-8,15H2,1-2H3,(H,16,19). The van der Waals surface area contributed by atoms with Crippen LogP contribution >= 0.6 is 11.8 Å². The average Bonchev–Trinajstić information content (AvgIpc) is 2.75. The second-order valence-corrected chi connectivity index (χ2v) is 5.71. The summed E-state index contributed by atoms with van der Waals surface area (Å²) in [5.41, 5.74) is 7.84. The zero-order chi connectivity index (χ0) is 14.5. The molecule has 0 radical (unpaired) electrons. The molecule has 0 fully saturated rings. The first-order chi connectivity index (χ1) is 9.65. The van der Waals surface area contributed by atoms with Gasteiger partial charge >= 0.3 is 5.69 Å². The summed E-state index contributed by atoms with van der Waals surface area (Å²) in [5, 5.41) is 7.33. The van der Waals surface area contributed by atoms with Crippen LogP contribution in [0.3, 0.4) is 0 Å². The highest BCUT2D eigenvalue weighted by molar-refractivity contribution is 7.99. The van der Waals surface area contributed by atoms with Gasteiger partial charge in [-0.1, -0.05) is 19.1 Å². The fourth-order valence-electron chi connectivity index (χ4n) is 2.05. The predicted molar refractivity (Wildman–Crippen MR) is 81.2 cm³/mol. The normalized spacial score (nSPS) is 10.9. The van der Waals surface area contributed by atoms with E-state index >= 15 is 0 Å². The van der Waals surface area contributed by atoms with Crippen molar-refractivity contribution in [3.05, 3.63) is 39.8 Å². The monoisotopic (exact) mass is 292 g/mol. The van der Waals surface area contributed by atoms with E-state index in [-0.39, 0.29) is 5.69 Å². The summed E-state index contributed by atoms with van der Waals surface area (Å²) in [4.78, 5) is 12.8. The molecular formula is C14H20N4OS. The lowest BCUT2D eigenvalue weighted by Gasteiger charge is -2.08. The summed E-state index contributed by atoms with van der Waals surface area (Å²) < 4.78 is 1.68. The van der Waals surface area contributed by atoms with Crippen LogP contribution in [-0.2, 0) is 13.0 Å². The van der Waals surface area contributed by atoms with Gasteiger partial charge < -0.3 is 5.73 Å². The molecule has 0 bridgehead atoms. The second kappa shape index (κ2) is 6.76. The number of aryl methyl sites for hydroxylation is 1. The van der Waals surface area contributed by atoms with Gasteiger partial charge in [-0.3, -0.25) is 4.57 Å². The van der Waals surface area contributed by atoms with Crippen LogP contribution in [0.25, 0.3) is 0 Å². The van der Waals surface area contributed by atoms with Gasteiger partial charge in [0.2, 0.25) is 0 Å². The van der Waals surface area contributed by atoms with Crippen molar-refractivity contribution in [3.8, 4) is 0 Å². The summed E-state index contributed by atoms with van der Waals surface area (Å²) >= 11 is 1.52. The van der Waals surface area contributed by atoms with Crippen LogP contribution in [0.15, 0.2) is 33.0 Å². The Kier molecular flexibility index (Phi) is 5.03. The molecule has 1 aromatic heterocycles. The summed E-state index contributed by atoms with van der Waals surface area (Å²) in [6, 6.07) is 6.29. The minimum absolute atomic E-state index is 0.147. The van der Waals surface area contributed by atoms with Crippen LogP contribution in [0.1, 0.15) is 24.5 Å². The molecule has 0 atom stereocenters. The molecule has 108 valence electrons. The van der Waals surface area contributed by atoms with E-state index in [1.807, 2.05) is 6.92 Å². The van der Waals surface area contributed by atoms with Gasteiger partial charge in [-0.2, -0.15) is 0 Å². The molecule has 2 aromatic rings. The van der Waals surface area contributed by atoms with Crippen molar-refractivity contribution in [3.63, 3.8) is 0 Å². The van der Waals surface area contributed by atoms with Gasteiger partial charge in [-0.15, -0.1) is 5.10 Å². The lowest BCUT2D eigenvalue weighted by Crippen LogP contribution is -2.17. The van der Waals surface area contributed by atoms with Crippen LogP contribution in [0.5, 0.6) is 0 Å². The van der Waals surface area contributed by atoms with E-state index in [4.69, 9.17) is 5.73 Å². The topological polar surface area (TPSA) is 76.7 Å². The lowest BCUT2D eigenvalue weighted by atomic mass is 10.1. The van der Waals surface area contributed by atoms with Gasteiger partial charge in [0.1, 0.15) is 0 Å². The van der Waals surface area contributed by atoms with E-state index in [1.54, 1.807) is 4.57 Å². The molecule has 0 aliphatic carbocycles. The minimum Gasteiger partial charge on any atom is -0.330 e. The maximum Gasteiger partial charge on any atom is 0.343 e. The van der Waals surface area contributed by atoms with Crippen LogP contribution in [-0.4, -0.2) is 21.3 Å². The number of nitrogens with two attached hydrogens (primary N) is 1. The molecule has 3 N–H and O–H groups in total. The predicted octanol–water partition coefficient (Wildman–Crippen LogP) is 1.94. The van der Waals surface area contributed by atoms with Gasteiger partial charge in [0.25, 0.3) is 0 Å². The Bertz CT molecular complexity index is 632. The Labute approximate surface area is 122 Å². The Morgan fingerprint density at radius 3 is 2.90 bits per heavy atom. The first-order valence-corrected chi connectivity index (χ1v) is 7.60. The molecule has 0 aliphatic heterocycles. The minimum atomic E-state index is -0.147. The van der Waals surface area contributed by atoms with E-state index in [0.717, 1.165) is 17.7 Å². The number of aromatic amines is 1. The number of H-pyrrole nitrogens is 1. The SMILES string of the molecule is CCCn1c(Sc2ccc(CCN)cc2C)n[nH]c1=O. The summed E-state index contributed by atoms with van der Waals surface area (Å²) in [6.07, 6.45) is 1.79. The summed E-state index contributed by atoms with van der Waals surface area (Å²) in [7, 11) is 0. The number of nitrogens with zero attached hydrogens (tertiary/aromatic N) is 2. The smallest absolute Gasteiger partial charge is 0.330 e. The highest BCUT2D eigenvalue weighted by Crippen LogP contribution is 2.28. The first kappa shape index (κ1) is 14.9. The zero-order valence-electron chi connectivity index (χ0n) is 11.8. The number of hydrogen-bond acceptors (Lipinski definition) is 4. The molecule has 6 heteroatoms. The summed E-state index contributed by atoms with van der Waals surface area (Å²) in [6.45, 7) is 5.45. The second-order valence-electron chi connectivity index (χ2n) is 4.70. The third-order valence-corrected chi connectivity index (χ3v) is 4.22. The Morgan fingerprint density at radius 2 is 2.25 bits per heavy atom. The van der Waals surface area contributed by atoms with Crippen LogP contribution in [0.4, 0.5) is 0 Å².